The normalized spacial score (nSPS) is 36.6. The largest absolute Gasteiger partial charge is 0.465 e. The van der Waals surface area contributed by atoms with Gasteiger partial charge in [-0.25, -0.2) is 0 Å². The molecule has 5 rings (SSSR count). The van der Waals surface area contributed by atoms with Gasteiger partial charge in [0.2, 0.25) is 0 Å². The van der Waals surface area contributed by atoms with Crippen molar-refractivity contribution in [3.8, 4) is 0 Å². The first kappa shape index (κ1) is 27.7. The van der Waals surface area contributed by atoms with Crippen LogP contribution in [-0.4, -0.2) is 33.6 Å². The zero-order valence-electron chi connectivity index (χ0n) is 23.7. The molecule has 3 N–H and O–H groups in total. The van der Waals surface area contributed by atoms with E-state index < -0.39 is 18.3 Å². The number of fused-ring (bicyclic) bond motifs is 1. The van der Waals surface area contributed by atoms with Crippen LogP contribution in [0.25, 0.3) is 0 Å². The summed E-state index contributed by atoms with van der Waals surface area (Å²) in [5.74, 6) is 3.55. The molecule has 1 aromatic rings. The van der Waals surface area contributed by atoms with Gasteiger partial charge in [0.15, 0.2) is 0 Å². The number of allylic oxidation sites excluding steroid dienone is 4. The van der Waals surface area contributed by atoms with Crippen LogP contribution in [0.5, 0.6) is 0 Å². The van der Waals surface area contributed by atoms with Gasteiger partial charge in [-0.3, -0.25) is 0 Å². The van der Waals surface area contributed by atoms with Crippen LogP contribution in [0.3, 0.4) is 0 Å². The summed E-state index contributed by atoms with van der Waals surface area (Å²) in [6.45, 7) is 11.1. The molecule has 0 radical (unpaired) electrons. The lowest BCUT2D eigenvalue weighted by Crippen LogP contribution is -2.35. The van der Waals surface area contributed by atoms with Gasteiger partial charge in [-0.2, -0.15) is 0 Å². The highest BCUT2D eigenvalue weighted by molar-refractivity contribution is 5.39. The maximum absolute atomic E-state index is 11.2. The Labute approximate surface area is 229 Å². The van der Waals surface area contributed by atoms with Gasteiger partial charge in [-0.05, 0) is 104 Å². The van der Waals surface area contributed by atoms with Gasteiger partial charge < -0.3 is 19.7 Å². The molecule has 0 spiro atoms. The second-order valence-electron chi connectivity index (χ2n) is 13.0. The van der Waals surface area contributed by atoms with E-state index in [2.05, 4.69) is 63.8 Å². The molecule has 38 heavy (non-hydrogen) atoms. The van der Waals surface area contributed by atoms with Crippen molar-refractivity contribution in [2.45, 2.75) is 115 Å². The number of hydrogen-bond donors (Lipinski definition) is 3. The standard InChI is InChI=1S/C34H48O4/c1-5-7-27-12-16-32(38-27)34(18-19-34)31(37)15-9-22(2)28-13-14-29-24(8-6-17-33(28,29)4)10-11-25-20-26(35)21-30(36)23(25)3/h9-12,15-16,22,26,28-31,35-37H,3,5-8,13-14,17-21H2,1-2,4H3/t22-,26-,28-,29+,30+,31+,33-/m1/s1. The van der Waals surface area contributed by atoms with Gasteiger partial charge in [0.1, 0.15) is 11.5 Å². The summed E-state index contributed by atoms with van der Waals surface area (Å²) in [5, 5.41) is 31.6. The van der Waals surface area contributed by atoms with Crippen LogP contribution in [0.4, 0.5) is 0 Å². The lowest BCUT2D eigenvalue weighted by molar-refractivity contribution is 0.0862. The first-order valence-electron chi connectivity index (χ1n) is 15.1. The van der Waals surface area contributed by atoms with E-state index in [9.17, 15) is 15.3 Å². The molecule has 4 saturated carbocycles. The molecular formula is C34H48O4. The Morgan fingerprint density at radius 3 is 2.66 bits per heavy atom. The zero-order valence-corrected chi connectivity index (χ0v) is 23.7. The van der Waals surface area contributed by atoms with Crippen LogP contribution >= 0.6 is 0 Å². The quantitative estimate of drug-likeness (QED) is 0.324. The van der Waals surface area contributed by atoms with Crippen LogP contribution < -0.4 is 0 Å². The molecule has 1 aromatic heterocycles. The molecule has 4 aliphatic carbocycles. The van der Waals surface area contributed by atoms with Crippen molar-refractivity contribution in [1.29, 1.82) is 0 Å². The van der Waals surface area contributed by atoms with Crippen LogP contribution in [-0.2, 0) is 11.8 Å². The second-order valence-corrected chi connectivity index (χ2v) is 13.0. The highest BCUT2D eigenvalue weighted by Crippen LogP contribution is 2.60. The van der Waals surface area contributed by atoms with Crippen LogP contribution in [0, 0.1) is 23.2 Å². The third-order valence-electron chi connectivity index (χ3n) is 10.5. The third-order valence-corrected chi connectivity index (χ3v) is 10.5. The Bertz CT molecular complexity index is 1100. The number of furan rings is 1. The Kier molecular flexibility index (Phi) is 7.97. The van der Waals surface area contributed by atoms with Crippen molar-refractivity contribution in [3.63, 3.8) is 0 Å². The summed E-state index contributed by atoms with van der Waals surface area (Å²) < 4.78 is 6.12. The van der Waals surface area contributed by atoms with E-state index in [0.29, 0.717) is 30.6 Å². The molecule has 4 fully saturated rings. The topological polar surface area (TPSA) is 73.8 Å². The first-order chi connectivity index (χ1) is 18.2. The third kappa shape index (κ3) is 5.17. The Hall–Kier alpha value is -1.88. The summed E-state index contributed by atoms with van der Waals surface area (Å²) in [6, 6.07) is 4.16. The average molecular weight is 521 g/mol. The summed E-state index contributed by atoms with van der Waals surface area (Å²) in [7, 11) is 0. The molecule has 0 aliphatic heterocycles. The van der Waals surface area contributed by atoms with E-state index in [1.165, 1.54) is 31.3 Å². The molecule has 0 bridgehead atoms. The first-order valence-corrected chi connectivity index (χ1v) is 15.1. The minimum atomic E-state index is -0.639. The number of aliphatic hydroxyl groups excluding tert-OH is 3. The van der Waals surface area contributed by atoms with E-state index in [0.717, 1.165) is 54.8 Å². The fourth-order valence-corrected chi connectivity index (χ4v) is 8.06. The lowest BCUT2D eigenvalue weighted by atomic mass is 9.61. The summed E-state index contributed by atoms with van der Waals surface area (Å²) in [6.07, 6.45) is 18.1. The predicted octanol–water partition coefficient (Wildman–Crippen LogP) is 6.96. The molecule has 4 nitrogen and oxygen atoms in total. The van der Waals surface area contributed by atoms with Gasteiger partial charge in [0.05, 0.1) is 23.7 Å². The summed E-state index contributed by atoms with van der Waals surface area (Å²) in [4.78, 5) is 0. The molecule has 4 aliphatic rings. The number of aryl methyl sites for hydroxylation is 1. The molecular weight excluding hydrogens is 472 g/mol. The van der Waals surface area contributed by atoms with Crippen molar-refractivity contribution in [3.05, 3.63) is 71.3 Å². The SMILES string of the molecule is C=C1C(=CC=C2CCC[C@]3(C)[C@@H]([C@H](C)C=C[C@H](O)C4(c5ccc(CCC)o5)CC4)CC[C@@H]23)C[C@@H](O)C[C@@H]1O. The van der Waals surface area contributed by atoms with Gasteiger partial charge in [-0.1, -0.05) is 57.2 Å². The van der Waals surface area contributed by atoms with Crippen LogP contribution in [0.2, 0.25) is 0 Å². The number of aliphatic hydroxyl groups is 3. The van der Waals surface area contributed by atoms with Crippen LogP contribution in [0.1, 0.15) is 96.5 Å². The average Bonchev–Trinajstić information content (AvgIpc) is 3.42. The molecule has 7 atom stereocenters. The van der Waals surface area contributed by atoms with Gasteiger partial charge in [-0.15, -0.1) is 0 Å². The van der Waals surface area contributed by atoms with E-state index in [1.54, 1.807) is 0 Å². The molecule has 0 unspecified atom stereocenters. The highest BCUT2D eigenvalue weighted by atomic mass is 16.3. The van der Waals surface area contributed by atoms with Crippen molar-refractivity contribution >= 4 is 0 Å². The van der Waals surface area contributed by atoms with Crippen molar-refractivity contribution in [2.24, 2.45) is 23.2 Å². The van der Waals surface area contributed by atoms with Crippen molar-refractivity contribution in [1.82, 2.24) is 0 Å². The number of rotatable bonds is 8. The Morgan fingerprint density at radius 1 is 1.13 bits per heavy atom. The maximum atomic E-state index is 11.2. The summed E-state index contributed by atoms with van der Waals surface area (Å²) >= 11 is 0. The minimum absolute atomic E-state index is 0.233. The maximum Gasteiger partial charge on any atom is 0.113 e. The molecule has 0 amide bonds. The van der Waals surface area contributed by atoms with Gasteiger partial charge >= 0.3 is 0 Å². The van der Waals surface area contributed by atoms with Gasteiger partial charge in [0, 0.05) is 12.8 Å². The summed E-state index contributed by atoms with van der Waals surface area (Å²) in [5.41, 5.74) is 3.29. The van der Waals surface area contributed by atoms with Crippen molar-refractivity contribution < 1.29 is 19.7 Å². The molecule has 1 heterocycles. The minimum Gasteiger partial charge on any atom is -0.465 e. The van der Waals surface area contributed by atoms with Gasteiger partial charge in [0.25, 0.3) is 0 Å². The highest BCUT2D eigenvalue weighted by Gasteiger charge is 2.53. The van der Waals surface area contributed by atoms with E-state index in [-0.39, 0.29) is 10.8 Å². The molecule has 0 saturated heterocycles. The fraction of sp³-hybridized carbons (Fsp3) is 0.647. The Morgan fingerprint density at radius 2 is 1.92 bits per heavy atom. The Balaban J connectivity index is 1.27. The predicted molar refractivity (Wildman–Crippen MR) is 153 cm³/mol. The van der Waals surface area contributed by atoms with Crippen molar-refractivity contribution in [2.75, 3.05) is 0 Å². The molecule has 208 valence electrons. The van der Waals surface area contributed by atoms with E-state index in [4.69, 9.17) is 4.42 Å². The number of hydrogen-bond acceptors (Lipinski definition) is 4. The van der Waals surface area contributed by atoms with E-state index >= 15 is 0 Å². The van der Waals surface area contributed by atoms with Crippen LogP contribution in [0.15, 0.2) is 64.2 Å². The lowest BCUT2D eigenvalue weighted by Gasteiger charge is -2.44. The molecule has 0 aromatic carbocycles. The van der Waals surface area contributed by atoms with E-state index in [1.807, 2.05) is 0 Å². The molecule has 4 heteroatoms. The zero-order chi connectivity index (χ0) is 27.1. The fourth-order valence-electron chi connectivity index (χ4n) is 8.06. The smallest absolute Gasteiger partial charge is 0.113 e. The second kappa shape index (κ2) is 10.9. The monoisotopic (exact) mass is 520 g/mol.